The molecule has 1 N–H and O–H groups in total. The first-order valence-corrected chi connectivity index (χ1v) is 13.4. The summed E-state index contributed by atoms with van der Waals surface area (Å²) in [6.45, 7) is 19.6. The van der Waals surface area contributed by atoms with Gasteiger partial charge in [0, 0.05) is 0 Å². The lowest BCUT2D eigenvalue weighted by molar-refractivity contribution is -0.0962. The predicted molar refractivity (Wildman–Crippen MR) is 133 cm³/mol. The van der Waals surface area contributed by atoms with Gasteiger partial charge in [-0.15, -0.1) is 0 Å². The summed E-state index contributed by atoms with van der Waals surface area (Å²) in [5, 5.41) is 10.8. The fourth-order valence-electron chi connectivity index (χ4n) is 9.47. The first-order valence-electron chi connectivity index (χ1n) is 13.4. The highest BCUT2D eigenvalue weighted by Gasteiger charge is 2.63. The summed E-state index contributed by atoms with van der Waals surface area (Å²) in [6.07, 6.45) is 15.2. The molecule has 2 saturated carbocycles. The monoisotopic (exact) mass is 426 g/mol. The van der Waals surface area contributed by atoms with Gasteiger partial charge in [0.2, 0.25) is 0 Å². The van der Waals surface area contributed by atoms with Gasteiger partial charge in [-0.3, -0.25) is 0 Å². The Morgan fingerprint density at radius 3 is 2.35 bits per heavy atom. The molecule has 0 radical (unpaired) electrons. The van der Waals surface area contributed by atoms with Crippen LogP contribution in [0.5, 0.6) is 0 Å². The van der Waals surface area contributed by atoms with Gasteiger partial charge in [-0.25, -0.2) is 0 Å². The normalized spacial score (nSPS) is 44.9. The van der Waals surface area contributed by atoms with Crippen LogP contribution in [-0.4, -0.2) is 11.2 Å². The summed E-state index contributed by atoms with van der Waals surface area (Å²) < 4.78 is 0. The molecule has 0 aliphatic heterocycles. The fourth-order valence-corrected chi connectivity index (χ4v) is 9.47. The molecule has 0 spiro atoms. The van der Waals surface area contributed by atoms with E-state index in [1.807, 2.05) is 11.1 Å². The zero-order valence-electron chi connectivity index (χ0n) is 21.9. The van der Waals surface area contributed by atoms with Crippen LogP contribution < -0.4 is 0 Å². The van der Waals surface area contributed by atoms with Crippen molar-refractivity contribution in [3.8, 4) is 0 Å². The first-order chi connectivity index (χ1) is 14.4. The summed E-state index contributed by atoms with van der Waals surface area (Å²) in [5.41, 5.74) is 6.41. The lowest BCUT2D eigenvalue weighted by atomic mass is 9.43. The number of hydrogen-bond acceptors (Lipinski definition) is 1. The zero-order chi connectivity index (χ0) is 22.8. The Morgan fingerprint density at radius 2 is 1.68 bits per heavy atom. The van der Waals surface area contributed by atoms with Crippen molar-refractivity contribution >= 4 is 0 Å². The van der Waals surface area contributed by atoms with Gasteiger partial charge in [-0.2, -0.15) is 0 Å². The maximum Gasteiger partial charge on any atom is 0.0594 e. The lowest BCUT2D eigenvalue weighted by Gasteiger charge is -2.62. The number of fused-ring (bicyclic) bond motifs is 4. The van der Waals surface area contributed by atoms with E-state index in [2.05, 4.69) is 61.5 Å². The average Bonchev–Trinajstić information content (AvgIpc) is 2.96. The van der Waals surface area contributed by atoms with Gasteiger partial charge in [0.05, 0.1) is 6.10 Å². The van der Waals surface area contributed by atoms with Crippen LogP contribution in [0.15, 0.2) is 22.8 Å². The van der Waals surface area contributed by atoms with Gasteiger partial charge in [0.15, 0.2) is 0 Å². The van der Waals surface area contributed by atoms with Crippen LogP contribution >= 0.6 is 0 Å². The Kier molecular flexibility index (Phi) is 5.90. The molecule has 0 aromatic heterocycles. The molecular formula is C30H50O. The number of aliphatic hydroxyl groups is 1. The number of aliphatic hydroxyl groups excluding tert-OH is 1. The molecule has 0 bridgehead atoms. The highest BCUT2D eigenvalue weighted by Crippen LogP contribution is 2.72. The van der Waals surface area contributed by atoms with E-state index in [0.29, 0.717) is 22.2 Å². The van der Waals surface area contributed by atoms with Crippen molar-refractivity contribution in [3.05, 3.63) is 22.8 Å². The number of allylic oxidation sites excluding steroid dienone is 4. The SMILES string of the molecule is CC(C)=CCC[C@H](C)[C@@H]1CC[C@]2(C)C3=C(CC[C@@]12C)[C@@]1(C)CC[C@@H](O)C(C)(C)[C@@H]1CC3. The van der Waals surface area contributed by atoms with Crippen molar-refractivity contribution in [1.29, 1.82) is 0 Å². The van der Waals surface area contributed by atoms with Gasteiger partial charge in [0.25, 0.3) is 0 Å². The van der Waals surface area contributed by atoms with Gasteiger partial charge >= 0.3 is 0 Å². The highest BCUT2D eigenvalue weighted by atomic mass is 16.3. The van der Waals surface area contributed by atoms with Crippen molar-refractivity contribution in [2.24, 2.45) is 39.4 Å². The minimum atomic E-state index is -0.130. The van der Waals surface area contributed by atoms with E-state index < -0.39 is 0 Å². The van der Waals surface area contributed by atoms with Crippen LogP contribution in [0.25, 0.3) is 0 Å². The molecule has 176 valence electrons. The van der Waals surface area contributed by atoms with Crippen molar-refractivity contribution in [2.75, 3.05) is 0 Å². The second kappa shape index (κ2) is 7.75. The van der Waals surface area contributed by atoms with Crippen molar-refractivity contribution in [2.45, 2.75) is 126 Å². The third kappa shape index (κ3) is 3.34. The Hall–Kier alpha value is -0.560. The molecule has 0 unspecified atom stereocenters. The third-order valence-electron chi connectivity index (χ3n) is 11.7. The summed E-state index contributed by atoms with van der Waals surface area (Å²) >= 11 is 0. The molecule has 1 nitrogen and oxygen atoms in total. The molecular weight excluding hydrogens is 376 g/mol. The Bertz CT molecular complexity index is 767. The fraction of sp³-hybridized carbons (Fsp3) is 0.867. The standard InChI is InChI=1S/C30H50O/c1-20(2)10-9-11-21(3)22-14-18-30(8)24-12-13-25-27(4,5)26(31)16-17-28(25,6)23(24)15-19-29(22,30)7/h10,21-22,25-26,31H,9,11-19H2,1-8H3/t21-,22-,25-,26+,28+,29-,30+/m0/s1. The van der Waals surface area contributed by atoms with Gasteiger partial charge in [0.1, 0.15) is 0 Å². The van der Waals surface area contributed by atoms with E-state index in [-0.39, 0.29) is 11.5 Å². The van der Waals surface area contributed by atoms with Crippen molar-refractivity contribution < 1.29 is 5.11 Å². The second-order valence-corrected chi connectivity index (χ2v) is 13.6. The molecule has 4 rings (SSSR count). The molecule has 4 aliphatic rings. The largest absolute Gasteiger partial charge is 0.393 e. The molecule has 0 aromatic carbocycles. The van der Waals surface area contributed by atoms with Crippen LogP contribution in [0.2, 0.25) is 0 Å². The maximum atomic E-state index is 10.8. The lowest BCUT2D eigenvalue weighted by Crippen LogP contribution is -2.55. The van der Waals surface area contributed by atoms with Gasteiger partial charge in [-0.1, -0.05) is 64.3 Å². The number of rotatable bonds is 4. The van der Waals surface area contributed by atoms with E-state index in [1.54, 1.807) is 0 Å². The molecule has 2 fully saturated rings. The summed E-state index contributed by atoms with van der Waals surface area (Å²) in [4.78, 5) is 0. The van der Waals surface area contributed by atoms with E-state index in [0.717, 1.165) is 18.3 Å². The van der Waals surface area contributed by atoms with E-state index in [4.69, 9.17) is 0 Å². The molecule has 0 saturated heterocycles. The molecule has 4 aliphatic carbocycles. The van der Waals surface area contributed by atoms with Crippen LogP contribution in [0, 0.1) is 39.4 Å². The quantitative estimate of drug-likeness (QED) is 0.447. The van der Waals surface area contributed by atoms with Crippen LogP contribution in [0.3, 0.4) is 0 Å². The van der Waals surface area contributed by atoms with E-state index >= 15 is 0 Å². The third-order valence-corrected chi connectivity index (χ3v) is 11.7. The first kappa shape index (κ1) is 23.6. The number of hydrogen-bond donors (Lipinski definition) is 1. The Balaban J connectivity index is 1.65. The second-order valence-electron chi connectivity index (χ2n) is 13.6. The van der Waals surface area contributed by atoms with Crippen molar-refractivity contribution in [1.82, 2.24) is 0 Å². The molecule has 0 aromatic rings. The topological polar surface area (TPSA) is 20.2 Å². The predicted octanol–water partition coefficient (Wildman–Crippen LogP) is 8.48. The summed E-state index contributed by atoms with van der Waals surface area (Å²) in [6, 6.07) is 0. The van der Waals surface area contributed by atoms with E-state index in [9.17, 15) is 5.11 Å². The van der Waals surface area contributed by atoms with Crippen LogP contribution in [0.4, 0.5) is 0 Å². The van der Waals surface area contributed by atoms with Gasteiger partial charge in [-0.05, 0) is 117 Å². The molecule has 31 heavy (non-hydrogen) atoms. The Labute approximate surface area is 193 Å². The zero-order valence-corrected chi connectivity index (χ0v) is 21.9. The van der Waals surface area contributed by atoms with Crippen molar-refractivity contribution in [3.63, 3.8) is 0 Å². The minimum absolute atomic E-state index is 0.0465. The van der Waals surface area contributed by atoms with E-state index in [1.165, 1.54) is 63.4 Å². The highest BCUT2D eigenvalue weighted by molar-refractivity contribution is 5.38. The van der Waals surface area contributed by atoms with Gasteiger partial charge < -0.3 is 5.11 Å². The smallest absolute Gasteiger partial charge is 0.0594 e. The maximum absolute atomic E-state index is 10.8. The minimum Gasteiger partial charge on any atom is -0.393 e. The summed E-state index contributed by atoms with van der Waals surface area (Å²) in [7, 11) is 0. The molecule has 0 amide bonds. The molecule has 7 atom stereocenters. The Morgan fingerprint density at radius 1 is 0.968 bits per heavy atom. The average molecular weight is 427 g/mol. The van der Waals surface area contributed by atoms with Crippen LogP contribution in [0.1, 0.15) is 120 Å². The molecule has 0 heterocycles. The molecule has 1 heteroatoms. The summed E-state index contributed by atoms with van der Waals surface area (Å²) in [5.74, 6) is 2.32. The van der Waals surface area contributed by atoms with Crippen LogP contribution in [-0.2, 0) is 0 Å².